The fraction of sp³-hybridized carbons (Fsp3) is 0.389. The lowest BCUT2D eigenvalue weighted by molar-refractivity contribution is -0.145. The van der Waals surface area contributed by atoms with Crippen molar-refractivity contribution in [2.75, 3.05) is 0 Å². The lowest BCUT2D eigenvalue weighted by atomic mass is 9.61. The maximum Gasteiger partial charge on any atom is 0.271 e. The fourth-order valence-electron chi connectivity index (χ4n) is 4.58. The second-order valence-electron chi connectivity index (χ2n) is 7.25. The van der Waals surface area contributed by atoms with Crippen LogP contribution < -0.4 is 5.43 Å². The van der Waals surface area contributed by atoms with Gasteiger partial charge in [0.25, 0.3) is 17.7 Å². The number of allylic oxidation sites excluding steroid dienone is 2. The molecule has 25 heavy (non-hydrogen) atoms. The molecule has 0 radical (unpaired) electrons. The first kappa shape index (κ1) is 16.6. The summed E-state index contributed by atoms with van der Waals surface area (Å²) in [5, 5.41) is 1.43. The molecule has 1 saturated heterocycles. The minimum Gasteiger partial charge on any atom is -0.272 e. The van der Waals surface area contributed by atoms with Gasteiger partial charge in [-0.25, -0.2) is 0 Å². The van der Waals surface area contributed by atoms with Crippen LogP contribution in [-0.4, -0.2) is 22.7 Å². The van der Waals surface area contributed by atoms with Crippen molar-refractivity contribution < 1.29 is 14.4 Å². The molecule has 2 unspecified atom stereocenters. The third kappa shape index (κ3) is 1.88. The molecule has 1 N–H and O–H groups in total. The van der Waals surface area contributed by atoms with Crippen LogP contribution in [0, 0.1) is 22.7 Å². The Kier molecular flexibility index (Phi) is 3.38. The average Bonchev–Trinajstić information content (AvgIpc) is 3.17. The van der Waals surface area contributed by atoms with Crippen molar-refractivity contribution in [2.24, 2.45) is 22.7 Å². The van der Waals surface area contributed by atoms with Crippen LogP contribution >= 0.6 is 23.2 Å². The zero-order valence-electron chi connectivity index (χ0n) is 13.7. The quantitative estimate of drug-likeness (QED) is 0.634. The molecule has 2 aliphatic carbocycles. The van der Waals surface area contributed by atoms with Gasteiger partial charge in [0, 0.05) is 5.02 Å². The summed E-state index contributed by atoms with van der Waals surface area (Å²) in [6.45, 7) is 3.64. The molecule has 7 heteroatoms. The van der Waals surface area contributed by atoms with Crippen LogP contribution in [0.5, 0.6) is 0 Å². The number of rotatable bonds is 2. The highest BCUT2D eigenvalue weighted by atomic mass is 35.5. The van der Waals surface area contributed by atoms with E-state index >= 15 is 0 Å². The van der Waals surface area contributed by atoms with Gasteiger partial charge in [-0.3, -0.25) is 19.8 Å². The minimum atomic E-state index is -0.833. The van der Waals surface area contributed by atoms with E-state index in [1.165, 1.54) is 18.2 Å². The zero-order chi connectivity index (χ0) is 18.1. The average molecular weight is 379 g/mol. The van der Waals surface area contributed by atoms with Gasteiger partial charge < -0.3 is 0 Å². The van der Waals surface area contributed by atoms with E-state index in [1.807, 2.05) is 26.0 Å². The molecule has 1 saturated carbocycles. The summed E-state index contributed by atoms with van der Waals surface area (Å²) in [6, 6.07) is 4.42. The van der Waals surface area contributed by atoms with Gasteiger partial charge in [0.1, 0.15) is 0 Å². The van der Waals surface area contributed by atoms with Gasteiger partial charge in [-0.05, 0) is 50.3 Å². The Morgan fingerprint density at radius 3 is 2.20 bits per heavy atom. The van der Waals surface area contributed by atoms with E-state index in [0.29, 0.717) is 5.02 Å². The second-order valence-corrected chi connectivity index (χ2v) is 8.09. The Morgan fingerprint density at radius 1 is 1.12 bits per heavy atom. The number of carbonyl (C=O) groups excluding carboxylic acids is 3. The molecule has 4 rings (SSSR count). The van der Waals surface area contributed by atoms with Crippen LogP contribution in [0.25, 0.3) is 0 Å². The maximum atomic E-state index is 13.0. The van der Waals surface area contributed by atoms with Gasteiger partial charge in [0.15, 0.2) is 0 Å². The van der Waals surface area contributed by atoms with Crippen LogP contribution in [0.4, 0.5) is 0 Å². The second kappa shape index (κ2) is 5.08. The Bertz CT molecular complexity index is 832. The largest absolute Gasteiger partial charge is 0.272 e. The van der Waals surface area contributed by atoms with Crippen molar-refractivity contribution in [2.45, 2.75) is 20.3 Å². The molecule has 1 heterocycles. The first-order valence-corrected chi connectivity index (χ1v) is 8.80. The van der Waals surface area contributed by atoms with Crippen molar-refractivity contribution in [1.29, 1.82) is 0 Å². The molecule has 3 amide bonds. The summed E-state index contributed by atoms with van der Waals surface area (Å²) in [5.74, 6) is -1.32. The van der Waals surface area contributed by atoms with Crippen LogP contribution in [0.1, 0.15) is 30.6 Å². The van der Waals surface area contributed by atoms with Crippen LogP contribution in [0.15, 0.2) is 30.4 Å². The third-order valence-corrected chi connectivity index (χ3v) is 6.88. The predicted octanol–water partition coefficient (Wildman–Crippen LogP) is 3.23. The normalized spacial score (nSPS) is 35.4. The number of hydrazine groups is 1. The molecule has 2 fully saturated rings. The topological polar surface area (TPSA) is 66.5 Å². The first-order chi connectivity index (χ1) is 11.7. The SMILES string of the molecule is C[C@@]12C(=O)N(NC(=O)c3ccc(Cl)cc3Cl)C(=O)[C@]1(C)C1C=CC2C1. The lowest BCUT2D eigenvalue weighted by Crippen LogP contribution is -2.48. The smallest absolute Gasteiger partial charge is 0.271 e. The molecule has 4 atom stereocenters. The van der Waals surface area contributed by atoms with Gasteiger partial charge in [-0.1, -0.05) is 35.4 Å². The number of fused-ring (bicyclic) bond motifs is 5. The summed E-state index contributed by atoms with van der Waals surface area (Å²) in [7, 11) is 0. The van der Waals surface area contributed by atoms with Crippen LogP contribution in [-0.2, 0) is 9.59 Å². The Morgan fingerprint density at radius 2 is 1.68 bits per heavy atom. The number of halogens is 2. The summed E-state index contributed by atoms with van der Waals surface area (Å²) >= 11 is 11.9. The van der Waals surface area contributed by atoms with E-state index in [-0.39, 0.29) is 34.2 Å². The number of carbonyl (C=O) groups is 3. The molecule has 1 aliphatic heterocycles. The van der Waals surface area contributed by atoms with Crippen molar-refractivity contribution in [1.82, 2.24) is 10.4 Å². The number of hydrogen-bond acceptors (Lipinski definition) is 3. The van der Waals surface area contributed by atoms with Crippen molar-refractivity contribution in [3.05, 3.63) is 46.0 Å². The van der Waals surface area contributed by atoms with Gasteiger partial charge >= 0.3 is 0 Å². The molecular weight excluding hydrogens is 363 g/mol. The Balaban J connectivity index is 1.66. The fourth-order valence-corrected chi connectivity index (χ4v) is 5.07. The van der Waals surface area contributed by atoms with E-state index < -0.39 is 16.7 Å². The molecule has 130 valence electrons. The number of nitrogens with zero attached hydrogens (tertiary/aromatic N) is 1. The summed E-state index contributed by atoms with van der Waals surface area (Å²) in [4.78, 5) is 38.6. The van der Waals surface area contributed by atoms with Crippen LogP contribution in [0.3, 0.4) is 0 Å². The van der Waals surface area contributed by atoms with Gasteiger partial charge in [-0.15, -0.1) is 0 Å². The van der Waals surface area contributed by atoms with E-state index in [1.54, 1.807) is 0 Å². The highest BCUT2D eigenvalue weighted by Crippen LogP contribution is 2.67. The summed E-state index contributed by atoms with van der Waals surface area (Å²) in [5.41, 5.74) is 0.930. The molecule has 2 bridgehead atoms. The number of imide groups is 1. The van der Waals surface area contributed by atoms with Crippen molar-refractivity contribution in [3.63, 3.8) is 0 Å². The monoisotopic (exact) mass is 378 g/mol. The molecule has 5 nitrogen and oxygen atoms in total. The van der Waals surface area contributed by atoms with E-state index in [0.717, 1.165) is 11.4 Å². The first-order valence-electron chi connectivity index (χ1n) is 8.04. The van der Waals surface area contributed by atoms with Crippen molar-refractivity contribution in [3.8, 4) is 0 Å². The number of amides is 3. The van der Waals surface area contributed by atoms with Crippen molar-refractivity contribution >= 4 is 40.9 Å². The molecule has 1 aromatic rings. The molecule has 0 aromatic heterocycles. The standard InChI is InChI=1S/C18H16Cl2N2O3/c1-17-9-3-4-10(7-9)18(17,2)16(25)22(15(17)24)21-14(23)12-6-5-11(19)8-13(12)20/h3-6,8-10H,7H2,1-2H3,(H,21,23)/t9?,10?,17-,18+. The third-order valence-electron chi connectivity index (χ3n) is 6.33. The predicted molar refractivity (Wildman–Crippen MR) is 92.7 cm³/mol. The lowest BCUT2D eigenvalue weighted by Gasteiger charge is -2.36. The van der Waals surface area contributed by atoms with Gasteiger partial charge in [-0.2, -0.15) is 5.01 Å². The molecular formula is C18H16Cl2N2O3. The highest BCUT2D eigenvalue weighted by molar-refractivity contribution is 6.36. The molecule has 0 spiro atoms. The van der Waals surface area contributed by atoms with Crippen LogP contribution in [0.2, 0.25) is 10.0 Å². The summed E-state index contributed by atoms with van der Waals surface area (Å²) in [6.07, 6.45) is 4.83. The number of hydrogen-bond donors (Lipinski definition) is 1. The molecule has 1 aromatic carbocycles. The highest BCUT2D eigenvalue weighted by Gasteiger charge is 2.74. The Hall–Kier alpha value is -1.85. The minimum absolute atomic E-state index is 0.0139. The van der Waals surface area contributed by atoms with Gasteiger partial charge in [0.2, 0.25) is 0 Å². The van der Waals surface area contributed by atoms with Gasteiger partial charge in [0.05, 0.1) is 21.4 Å². The zero-order valence-corrected chi connectivity index (χ0v) is 15.2. The number of benzene rings is 1. The van der Waals surface area contributed by atoms with E-state index in [9.17, 15) is 14.4 Å². The Labute approximate surface area is 154 Å². The maximum absolute atomic E-state index is 13.0. The van der Waals surface area contributed by atoms with E-state index in [2.05, 4.69) is 5.43 Å². The number of nitrogens with one attached hydrogen (secondary N) is 1. The molecule has 3 aliphatic rings. The summed E-state index contributed by atoms with van der Waals surface area (Å²) < 4.78 is 0. The van der Waals surface area contributed by atoms with E-state index in [4.69, 9.17) is 23.2 Å².